The summed E-state index contributed by atoms with van der Waals surface area (Å²) in [7, 11) is 0. The molecule has 18 heavy (non-hydrogen) atoms. The molecule has 4 heteroatoms. The van der Waals surface area contributed by atoms with Crippen molar-refractivity contribution in [2.45, 2.75) is 19.4 Å². The molecule has 0 aromatic heterocycles. The molecule has 0 radical (unpaired) electrons. The second kappa shape index (κ2) is 6.98. The summed E-state index contributed by atoms with van der Waals surface area (Å²) in [6.07, 6.45) is 1.48. The number of rotatable bonds is 4. The molecular weight excluding hydrogens is 248 g/mol. The van der Waals surface area contributed by atoms with Gasteiger partial charge in [0, 0.05) is 43.5 Å². The SMILES string of the molecule is CC1CN(CCNc2ccc(Cl)cc2)CCCO1. The van der Waals surface area contributed by atoms with E-state index in [2.05, 4.69) is 17.1 Å². The fourth-order valence-corrected chi connectivity index (χ4v) is 2.34. The molecule has 0 aliphatic carbocycles. The maximum absolute atomic E-state index is 5.85. The Bertz CT molecular complexity index is 355. The maximum atomic E-state index is 5.85. The topological polar surface area (TPSA) is 24.5 Å². The molecule has 1 heterocycles. The number of nitrogens with one attached hydrogen (secondary N) is 1. The first-order valence-electron chi connectivity index (χ1n) is 6.57. The predicted molar refractivity (Wildman–Crippen MR) is 76.4 cm³/mol. The van der Waals surface area contributed by atoms with Crippen LogP contribution in [0.5, 0.6) is 0 Å². The highest BCUT2D eigenvalue weighted by atomic mass is 35.5. The monoisotopic (exact) mass is 268 g/mol. The molecule has 0 amide bonds. The molecule has 0 spiro atoms. The highest BCUT2D eigenvalue weighted by molar-refractivity contribution is 6.30. The maximum Gasteiger partial charge on any atom is 0.0673 e. The first-order chi connectivity index (χ1) is 8.74. The van der Waals surface area contributed by atoms with Crippen LogP contribution in [-0.4, -0.2) is 43.8 Å². The van der Waals surface area contributed by atoms with Crippen molar-refractivity contribution in [3.63, 3.8) is 0 Å². The van der Waals surface area contributed by atoms with Gasteiger partial charge in [-0.25, -0.2) is 0 Å². The summed E-state index contributed by atoms with van der Waals surface area (Å²) < 4.78 is 5.63. The highest BCUT2D eigenvalue weighted by Crippen LogP contribution is 2.13. The number of nitrogens with zero attached hydrogens (tertiary/aromatic N) is 1. The van der Waals surface area contributed by atoms with Gasteiger partial charge in [-0.05, 0) is 37.6 Å². The zero-order valence-electron chi connectivity index (χ0n) is 10.9. The lowest BCUT2D eigenvalue weighted by Gasteiger charge is -2.22. The van der Waals surface area contributed by atoms with E-state index in [4.69, 9.17) is 16.3 Å². The number of ether oxygens (including phenoxy) is 1. The van der Waals surface area contributed by atoms with Crippen LogP contribution < -0.4 is 5.32 Å². The van der Waals surface area contributed by atoms with Crippen molar-refractivity contribution in [2.24, 2.45) is 0 Å². The standard InChI is InChI=1S/C14H21ClN2O/c1-12-11-17(8-2-10-18-12)9-7-16-14-5-3-13(15)4-6-14/h3-6,12,16H,2,7-11H2,1H3. The zero-order chi connectivity index (χ0) is 12.8. The summed E-state index contributed by atoms with van der Waals surface area (Å²) in [4.78, 5) is 2.46. The molecule has 1 aliphatic rings. The van der Waals surface area contributed by atoms with Crippen molar-refractivity contribution in [2.75, 3.05) is 38.1 Å². The predicted octanol–water partition coefficient (Wildman–Crippen LogP) is 2.86. The third-order valence-electron chi connectivity index (χ3n) is 3.14. The third kappa shape index (κ3) is 4.48. The average Bonchev–Trinajstić information content (AvgIpc) is 2.56. The molecule has 1 atom stereocenters. The second-order valence-corrected chi connectivity index (χ2v) is 5.21. The van der Waals surface area contributed by atoms with Crippen molar-refractivity contribution in [3.8, 4) is 0 Å². The van der Waals surface area contributed by atoms with E-state index >= 15 is 0 Å². The number of halogens is 1. The second-order valence-electron chi connectivity index (χ2n) is 4.77. The average molecular weight is 269 g/mol. The Hall–Kier alpha value is -0.770. The molecule has 0 saturated carbocycles. The van der Waals surface area contributed by atoms with Crippen molar-refractivity contribution in [3.05, 3.63) is 29.3 Å². The van der Waals surface area contributed by atoms with Gasteiger partial charge in [0.15, 0.2) is 0 Å². The summed E-state index contributed by atoms with van der Waals surface area (Å²) >= 11 is 5.85. The van der Waals surface area contributed by atoms with Crippen LogP contribution in [0.3, 0.4) is 0 Å². The summed E-state index contributed by atoms with van der Waals surface area (Å²) in [6, 6.07) is 7.84. The van der Waals surface area contributed by atoms with Crippen molar-refractivity contribution in [1.29, 1.82) is 0 Å². The molecule has 2 rings (SSSR count). The van der Waals surface area contributed by atoms with E-state index in [-0.39, 0.29) is 0 Å². The van der Waals surface area contributed by atoms with Gasteiger partial charge in [-0.15, -0.1) is 0 Å². The number of anilines is 1. The van der Waals surface area contributed by atoms with E-state index in [1.54, 1.807) is 0 Å². The molecule has 3 nitrogen and oxygen atoms in total. The van der Waals surface area contributed by atoms with Gasteiger partial charge in [0.1, 0.15) is 0 Å². The molecular formula is C14H21ClN2O. The van der Waals surface area contributed by atoms with Crippen LogP contribution in [0.1, 0.15) is 13.3 Å². The first-order valence-corrected chi connectivity index (χ1v) is 6.95. The summed E-state index contributed by atoms with van der Waals surface area (Å²) in [5.74, 6) is 0. The van der Waals surface area contributed by atoms with Crippen molar-refractivity contribution in [1.82, 2.24) is 4.90 Å². The molecule has 1 N–H and O–H groups in total. The van der Waals surface area contributed by atoms with E-state index in [1.165, 1.54) is 0 Å². The van der Waals surface area contributed by atoms with Crippen molar-refractivity contribution >= 4 is 17.3 Å². The normalized spacial score (nSPS) is 21.6. The molecule has 1 aromatic rings. The Balaban J connectivity index is 1.72. The van der Waals surface area contributed by atoms with Crippen LogP contribution in [0.25, 0.3) is 0 Å². The number of benzene rings is 1. The van der Waals surface area contributed by atoms with Gasteiger partial charge in [-0.3, -0.25) is 4.90 Å². The van der Waals surface area contributed by atoms with Crippen LogP contribution in [0.4, 0.5) is 5.69 Å². The van der Waals surface area contributed by atoms with Crippen LogP contribution in [0.2, 0.25) is 5.02 Å². The molecule has 1 saturated heterocycles. The Kier molecular flexibility index (Phi) is 5.29. The summed E-state index contributed by atoms with van der Waals surface area (Å²) in [5, 5.41) is 4.19. The molecule has 100 valence electrons. The van der Waals surface area contributed by atoms with Gasteiger partial charge >= 0.3 is 0 Å². The minimum absolute atomic E-state index is 0.350. The Morgan fingerprint density at radius 2 is 2.17 bits per heavy atom. The van der Waals surface area contributed by atoms with Gasteiger partial charge in [0.2, 0.25) is 0 Å². The molecule has 1 fully saturated rings. The number of hydrogen-bond donors (Lipinski definition) is 1. The van der Waals surface area contributed by atoms with Crippen LogP contribution in [0.15, 0.2) is 24.3 Å². The Morgan fingerprint density at radius 1 is 1.39 bits per heavy atom. The zero-order valence-corrected chi connectivity index (χ0v) is 11.6. The Labute approximate surface area is 114 Å². The van der Waals surface area contributed by atoms with Gasteiger partial charge < -0.3 is 10.1 Å². The highest BCUT2D eigenvalue weighted by Gasteiger charge is 2.13. The van der Waals surface area contributed by atoms with E-state index in [0.717, 1.165) is 49.9 Å². The molecule has 0 bridgehead atoms. The Morgan fingerprint density at radius 3 is 2.94 bits per heavy atom. The third-order valence-corrected chi connectivity index (χ3v) is 3.39. The number of hydrogen-bond acceptors (Lipinski definition) is 3. The van der Waals surface area contributed by atoms with Gasteiger partial charge in [-0.1, -0.05) is 11.6 Å². The lowest BCUT2D eigenvalue weighted by atomic mass is 10.3. The molecule has 1 aromatic carbocycles. The van der Waals surface area contributed by atoms with E-state index in [9.17, 15) is 0 Å². The van der Waals surface area contributed by atoms with E-state index in [0.29, 0.717) is 6.10 Å². The van der Waals surface area contributed by atoms with Crippen LogP contribution in [0, 0.1) is 0 Å². The summed E-state index contributed by atoms with van der Waals surface area (Å²) in [5.41, 5.74) is 1.12. The quantitative estimate of drug-likeness (QED) is 0.909. The minimum Gasteiger partial charge on any atom is -0.384 e. The lowest BCUT2D eigenvalue weighted by Crippen LogP contribution is -2.34. The minimum atomic E-state index is 0.350. The van der Waals surface area contributed by atoms with Gasteiger partial charge in [0.25, 0.3) is 0 Å². The first kappa shape index (κ1) is 13.7. The van der Waals surface area contributed by atoms with Gasteiger partial charge in [-0.2, -0.15) is 0 Å². The fourth-order valence-electron chi connectivity index (χ4n) is 2.21. The van der Waals surface area contributed by atoms with Crippen LogP contribution in [-0.2, 0) is 4.74 Å². The van der Waals surface area contributed by atoms with E-state index < -0.39 is 0 Å². The smallest absolute Gasteiger partial charge is 0.0673 e. The molecule has 1 unspecified atom stereocenters. The summed E-state index contributed by atoms with van der Waals surface area (Å²) in [6.45, 7) is 7.20. The van der Waals surface area contributed by atoms with Crippen molar-refractivity contribution < 1.29 is 4.74 Å². The van der Waals surface area contributed by atoms with Gasteiger partial charge in [0.05, 0.1) is 6.10 Å². The van der Waals surface area contributed by atoms with E-state index in [1.807, 2.05) is 24.3 Å². The largest absolute Gasteiger partial charge is 0.384 e. The fraction of sp³-hybridized carbons (Fsp3) is 0.571. The molecule has 1 aliphatic heterocycles. The lowest BCUT2D eigenvalue weighted by molar-refractivity contribution is 0.0683. The van der Waals surface area contributed by atoms with Crippen LogP contribution >= 0.6 is 11.6 Å².